The molecule has 0 saturated carbocycles. The fourth-order valence-corrected chi connectivity index (χ4v) is 9.89. The zero-order valence-corrected chi connectivity index (χ0v) is 24.5. The summed E-state index contributed by atoms with van der Waals surface area (Å²) < 4.78 is 28.9. The van der Waals surface area contributed by atoms with Crippen molar-refractivity contribution in [3.63, 3.8) is 0 Å². The molecule has 4 heteroatoms. The predicted molar refractivity (Wildman–Crippen MR) is 180 cm³/mol. The molecule has 7 aromatic carbocycles. The molecule has 1 atom stereocenters. The van der Waals surface area contributed by atoms with Crippen LogP contribution in [0.4, 0.5) is 0 Å². The molecule has 7 aromatic rings. The minimum absolute atomic E-state index is 0.574. The molecule has 2 heterocycles. The van der Waals surface area contributed by atoms with Gasteiger partial charge in [0.25, 0.3) is 0 Å². The number of para-hydroxylation sites is 1. The second-order valence-corrected chi connectivity index (χ2v) is 13.9. The molecule has 1 unspecified atom stereocenters. The highest BCUT2D eigenvalue weighted by molar-refractivity contribution is 7.86. The lowest BCUT2D eigenvalue weighted by Gasteiger charge is -2.35. The molecule has 0 fully saturated rings. The molecule has 0 amide bonds. The topological polar surface area (TPSA) is 35.5 Å². The van der Waals surface area contributed by atoms with Crippen LogP contribution >= 0.6 is 7.14 Å². The van der Waals surface area contributed by atoms with Crippen LogP contribution in [0.5, 0.6) is 23.0 Å². The summed E-state index contributed by atoms with van der Waals surface area (Å²) in [6, 6.07) is 51.3. The van der Waals surface area contributed by atoms with Crippen molar-refractivity contribution >= 4 is 33.8 Å². The van der Waals surface area contributed by atoms with Crippen molar-refractivity contribution in [1.82, 2.24) is 0 Å². The molecule has 2 aliphatic heterocycles. The van der Waals surface area contributed by atoms with Crippen LogP contribution < -0.4 is 25.4 Å². The smallest absolute Gasteiger partial charge is 0.186 e. The summed E-state index contributed by atoms with van der Waals surface area (Å²) in [7, 11) is -3.34. The van der Waals surface area contributed by atoms with Crippen LogP contribution in [-0.2, 0) is 4.57 Å². The molecule has 0 spiro atoms. The quantitative estimate of drug-likeness (QED) is 0.194. The van der Waals surface area contributed by atoms with E-state index < -0.39 is 7.14 Å². The molecule has 208 valence electrons. The predicted octanol–water partition coefficient (Wildman–Crippen LogP) is 9.69. The maximum Gasteiger partial charge on any atom is 0.186 e. The third kappa shape index (κ3) is 3.73. The molecular weight excluding hydrogens is 559 g/mol. The van der Waals surface area contributed by atoms with Crippen LogP contribution in [0.25, 0.3) is 44.2 Å². The van der Waals surface area contributed by atoms with Gasteiger partial charge in [-0.15, -0.1) is 0 Å². The Morgan fingerprint density at radius 2 is 0.909 bits per heavy atom. The highest BCUT2D eigenvalue weighted by Gasteiger charge is 2.47. The lowest BCUT2D eigenvalue weighted by molar-refractivity contribution is 0.462. The van der Waals surface area contributed by atoms with Gasteiger partial charge in [0.15, 0.2) is 7.14 Å². The SMILES string of the molecule is O=P12c3ccccc3Oc3cc(-c4cc(-c5ccccc5)cc(-c5ccccc5)c4)cc(c31)Oc1ccc3ccccc3c12. The first kappa shape index (κ1) is 25.2. The molecule has 2 aliphatic rings. The van der Waals surface area contributed by atoms with Crippen molar-refractivity contribution in [2.45, 2.75) is 0 Å². The zero-order chi connectivity index (χ0) is 29.3. The molecule has 0 aliphatic carbocycles. The van der Waals surface area contributed by atoms with Crippen molar-refractivity contribution in [3.05, 3.63) is 152 Å². The Bertz CT molecular complexity index is 2230. The maximum absolute atomic E-state index is 15.7. The van der Waals surface area contributed by atoms with Gasteiger partial charge in [-0.2, -0.15) is 0 Å². The van der Waals surface area contributed by atoms with Crippen LogP contribution in [0.15, 0.2) is 152 Å². The van der Waals surface area contributed by atoms with Gasteiger partial charge in [-0.25, -0.2) is 0 Å². The monoisotopic (exact) mass is 584 g/mol. The van der Waals surface area contributed by atoms with Gasteiger partial charge < -0.3 is 14.0 Å². The third-order valence-electron chi connectivity index (χ3n) is 8.66. The van der Waals surface area contributed by atoms with E-state index in [0.717, 1.165) is 49.5 Å². The van der Waals surface area contributed by atoms with Gasteiger partial charge in [-0.3, -0.25) is 0 Å². The Morgan fingerprint density at radius 1 is 0.386 bits per heavy atom. The molecular formula is C40H25O3P. The summed E-state index contributed by atoms with van der Waals surface area (Å²) >= 11 is 0. The van der Waals surface area contributed by atoms with Crippen molar-refractivity contribution in [2.75, 3.05) is 0 Å². The van der Waals surface area contributed by atoms with Gasteiger partial charge in [0.1, 0.15) is 28.3 Å². The first-order valence-corrected chi connectivity index (χ1v) is 16.4. The average molecular weight is 585 g/mol. The number of ether oxygens (including phenoxy) is 2. The lowest BCUT2D eigenvalue weighted by Crippen LogP contribution is -2.35. The molecule has 9 rings (SSSR count). The van der Waals surface area contributed by atoms with E-state index >= 15 is 4.57 Å². The highest BCUT2D eigenvalue weighted by Crippen LogP contribution is 2.60. The summed E-state index contributed by atoms with van der Waals surface area (Å²) in [4.78, 5) is 0. The van der Waals surface area contributed by atoms with Crippen LogP contribution in [0, 0.1) is 0 Å². The highest BCUT2D eigenvalue weighted by atomic mass is 31.2. The number of rotatable bonds is 3. The first-order valence-electron chi connectivity index (χ1n) is 14.7. The Morgan fingerprint density at radius 3 is 1.59 bits per heavy atom. The minimum atomic E-state index is -3.34. The minimum Gasteiger partial charge on any atom is -0.456 e. The molecule has 0 radical (unpaired) electrons. The van der Waals surface area contributed by atoms with Crippen LogP contribution in [0.3, 0.4) is 0 Å². The number of fused-ring (bicyclic) bond motifs is 6. The maximum atomic E-state index is 15.7. The van der Waals surface area contributed by atoms with Gasteiger partial charge in [0.2, 0.25) is 0 Å². The van der Waals surface area contributed by atoms with Crippen molar-refractivity contribution < 1.29 is 14.0 Å². The first-order chi connectivity index (χ1) is 21.7. The van der Waals surface area contributed by atoms with Gasteiger partial charge in [0, 0.05) is 0 Å². The summed E-state index contributed by atoms with van der Waals surface area (Å²) in [5, 5.41) is 4.05. The van der Waals surface area contributed by atoms with Gasteiger partial charge in [-0.05, 0) is 92.7 Å². The largest absolute Gasteiger partial charge is 0.456 e. The third-order valence-corrected chi connectivity index (χ3v) is 11.9. The lowest BCUT2D eigenvalue weighted by atomic mass is 9.93. The zero-order valence-electron chi connectivity index (χ0n) is 23.6. The van der Waals surface area contributed by atoms with Crippen molar-refractivity contribution in [1.29, 1.82) is 0 Å². The Kier molecular flexibility index (Phi) is 5.47. The Hall–Kier alpha value is -5.37. The second kappa shape index (κ2) is 9.57. The Balaban J connectivity index is 1.30. The molecule has 3 nitrogen and oxygen atoms in total. The van der Waals surface area contributed by atoms with E-state index in [4.69, 9.17) is 9.47 Å². The van der Waals surface area contributed by atoms with Crippen molar-refractivity contribution in [2.24, 2.45) is 0 Å². The number of hydrogen-bond acceptors (Lipinski definition) is 3. The van der Waals surface area contributed by atoms with E-state index in [2.05, 4.69) is 72.8 Å². The summed E-state index contributed by atoms with van der Waals surface area (Å²) in [5.41, 5.74) is 6.46. The fourth-order valence-electron chi connectivity index (χ4n) is 6.64. The average Bonchev–Trinajstić information content (AvgIpc) is 3.08. The molecule has 0 bridgehead atoms. The van der Waals surface area contributed by atoms with Crippen LogP contribution in [0.2, 0.25) is 0 Å². The second-order valence-electron chi connectivity index (χ2n) is 11.3. The molecule has 44 heavy (non-hydrogen) atoms. The molecule has 0 aromatic heterocycles. The van der Waals surface area contributed by atoms with Gasteiger partial charge >= 0.3 is 0 Å². The normalized spacial score (nSPS) is 15.8. The van der Waals surface area contributed by atoms with Crippen LogP contribution in [0.1, 0.15) is 0 Å². The molecule has 0 N–H and O–H groups in total. The Labute approximate surface area is 255 Å². The van der Waals surface area contributed by atoms with E-state index in [0.29, 0.717) is 33.6 Å². The van der Waals surface area contributed by atoms with E-state index in [9.17, 15) is 0 Å². The van der Waals surface area contributed by atoms with E-state index in [1.807, 2.05) is 78.9 Å². The standard InChI is InChI=1S/C40H25O3P/c41-44-38-18-10-9-17-34(38)42-36-24-32(25-37(40(36)44)43-35-20-19-28-15-7-8-16-33(28)39(35)44)31-22-29(26-11-3-1-4-12-26)21-30(23-31)27-13-5-2-6-14-27/h1-25H. The van der Waals surface area contributed by atoms with Crippen LogP contribution in [-0.4, -0.2) is 0 Å². The number of hydrogen-bond donors (Lipinski definition) is 0. The summed E-state index contributed by atoms with van der Waals surface area (Å²) in [6.07, 6.45) is 0. The summed E-state index contributed by atoms with van der Waals surface area (Å²) in [5.74, 6) is 2.39. The van der Waals surface area contributed by atoms with Gasteiger partial charge in [0.05, 0.1) is 10.6 Å². The molecule has 0 saturated heterocycles. The van der Waals surface area contributed by atoms with E-state index in [-0.39, 0.29) is 0 Å². The van der Waals surface area contributed by atoms with Crippen molar-refractivity contribution in [3.8, 4) is 56.4 Å². The summed E-state index contributed by atoms with van der Waals surface area (Å²) in [6.45, 7) is 0. The fraction of sp³-hybridized carbons (Fsp3) is 0. The van der Waals surface area contributed by atoms with Gasteiger partial charge in [-0.1, -0.05) is 103 Å². The van der Waals surface area contributed by atoms with E-state index in [1.165, 1.54) is 0 Å². The van der Waals surface area contributed by atoms with E-state index in [1.54, 1.807) is 0 Å². The number of benzene rings is 7.